The Balaban J connectivity index is 2.01. The summed E-state index contributed by atoms with van der Waals surface area (Å²) in [4.78, 5) is 0. The molecule has 156 valence electrons. The van der Waals surface area contributed by atoms with Crippen LogP contribution < -0.4 is 9.47 Å². The monoisotopic (exact) mass is 412 g/mol. The van der Waals surface area contributed by atoms with Crippen LogP contribution in [0.1, 0.15) is 53.4 Å². The second-order valence-electron chi connectivity index (χ2n) is 8.66. The van der Waals surface area contributed by atoms with Gasteiger partial charge in [0.2, 0.25) is 0 Å². The van der Waals surface area contributed by atoms with Gasteiger partial charge in [-0.05, 0) is 55.7 Å². The lowest BCUT2D eigenvalue weighted by Crippen LogP contribution is -2.03. The minimum Gasteiger partial charge on any atom is -0.492 e. The standard InChI is InChI=1S/C26H33ClO2/c1-18(2)9-7-15-28-25-21-11-5-6-12-22(21)26(29-16-8-10-19(3)4)24-17-20(27)13-14-23(24)25/h5-6,11-14,17-19H,7-10,15-16H2,1-4H3. The second-order valence-corrected chi connectivity index (χ2v) is 9.10. The van der Waals surface area contributed by atoms with E-state index in [0.29, 0.717) is 30.1 Å². The van der Waals surface area contributed by atoms with E-state index in [9.17, 15) is 0 Å². The van der Waals surface area contributed by atoms with Gasteiger partial charge in [0.15, 0.2) is 0 Å². The summed E-state index contributed by atoms with van der Waals surface area (Å²) in [6.07, 6.45) is 4.42. The Morgan fingerprint density at radius 2 is 1.17 bits per heavy atom. The van der Waals surface area contributed by atoms with Crippen molar-refractivity contribution in [3.63, 3.8) is 0 Å². The van der Waals surface area contributed by atoms with Gasteiger partial charge < -0.3 is 9.47 Å². The van der Waals surface area contributed by atoms with Gasteiger partial charge in [-0.15, -0.1) is 0 Å². The average molecular weight is 413 g/mol. The average Bonchev–Trinajstić information content (AvgIpc) is 2.68. The SMILES string of the molecule is CC(C)CCCOc1c2ccccc2c(OCCCC(C)C)c2cc(Cl)ccc12. The number of ether oxygens (including phenoxy) is 2. The highest BCUT2D eigenvalue weighted by Crippen LogP contribution is 2.43. The molecule has 0 N–H and O–H groups in total. The van der Waals surface area contributed by atoms with Gasteiger partial charge in [-0.3, -0.25) is 0 Å². The summed E-state index contributed by atoms with van der Waals surface area (Å²) in [6, 6.07) is 14.4. The van der Waals surface area contributed by atoms with Gasteiger partial charge in [0.05, 0.1) is 13.2 Å². The van der Waals surface area contributed by atoms with Crippen molar-refractivity contribution in [3.05, 3.63) is 47.5 Å². The molecular formula is C26H33ClO2. The van der Waals surface area contributed by atoms with Gasteiger partial charge in [0, 0.05) is 26.6 Å². The minimum absolute atomic E-state index is 0.683. The first-order valence-corrected chi connectivity index (χ1v) is 11.2. The number of fused-ring (bicyclic) bond motifs is 2. The summed E-state index contributed by atoms with van der Waals surface area (Å²) in [7, 11) is 0. The van der Waals surface area contributed by atoms with E-state index in [1.54, 1.807) is 0 Å². The maximum atomic E-state index is 6.36. The molecule has 3 heteroatoms. The lowest BCUT2D eigenvalue weighted by molar-refractivity contribution is 0.299. The molecule has 0 aliphatic rings. The van der Waals surface area contributed by atoms with Crippen molar-refractivity contribution >= 4 is 33.1 Å². The van der Waals surface area contributed by atoms with Crippen LogP contribution in [-0.4, -0.2) is 13.2 Å². The Hall–Kier alpha value is -1.93. The van der Waals surface area contributed by atoms with E-state index in [1.807, 2.05) is 12.1 Å². The van der Waals surface area contributed by atoms with Gasteiger partial charge in [-0.1, -0.05) is 63.6 Å². The topological polar surface area (TPSA) is 18.5 Å². The normalized spacial score (nSPS) is 11.7. The first-order chi connectivity index (χ1) is 14.0. The molecule has 3 aromatic carbocycles. The molecule has 0 atom stereocenters. The molecule has 3 aromatic rings. The number of halogens is 1. The van der Waals surface area contributed by atoms with Gasteiger partial charge in [-0.25, -0.2) is 0 Å². The van der Waals surface area contributed by atoms with Gasteiger partial charge in [0.25, 0.3) is 0 Å². The van der Waals surface area contributed by atoms with Crippen LogP contribution in [0.3, 0.4) is 0 Å². The number of benzene rings is 3. The van der Waals surface area contributed by atoms with Crippen molar-refractivity contribution in [2.75, 3.05) is 13.2 Å². The first kappa shape index (κ1) is 21.8. The predicted octanol–water partition coefficient (Wildman–Crippen LogP) is 8.28. The second kappa shape index (κ2) is 10.2. The van der Waals surface area contributed by atoms with Crippen LogP contribution in [0.5, 0.6) is 11.5 Å². The highest BCUT2D eigenvalue weighted by atomic mass is 35.5. The molecule has 2 nitrogen and oxygen atoms in total. The van der Waals surface area contributed by atoms with E-state index in [4.69, 9.17) is 21.1 Å². The zero-order chi connectivity index (χ0) is 20.8. The van der Waals surface area contributed by atoms with Crippen molar-refractivity contribution in [3.8, 4) is 11.5 Å². The zero-order valence-electron chi connectivity index (χ0n) is 18.1. The molecule has 0 spiro atoms. The molecule has 0 radical (unpaired) electrons. The molecule has 0 aromatic heterocycles. The fraction of sp³-hybridized carbons (Fsp3) is 0.462. The largest absolute Gasteiger partial charge is 0.492 e. The third-order valence-electron chi connectivity index (χ3n) is 5.23. The smallest absolute Gasteiger partial charge is 0.135 e. The molecule has 0 aliphatic heterocycles. The molecule has 0 bridgehead atoms. The van der Waals surface area contributed by atoms with Crippen molar-refractivity contribution in [2.45, 2.75) is 53.4 Å². The molecule has 0 fully saturated rings. The number of hydrogen-bond donors (Lipinski definition) is 0. The van der Waals surface area contributed by atoms with E-state index in [2.05, 4.69) is 58.0 Å². The van der Waals surface area contributed by atoms with Crippen molar-refractivity contribution in [2.24, 2.45) is 11.8 Å². The summed E-state index contributed by atoms with van der Waals surface area (Å²) in [5.41, 5.74) is 0. The molecule has 0 saturated heterocycles. The summed E-state index contributed by atoms with van der Waals surface area (Å²) in [6.45, 7) is 10.4. The Kier molecular flexibility index (Phi) is 7.66. The summed E-state index contributed by atoms with van der Waals surface area (Å²) in [5, 5.41) is 5.00. The van der Waals surface area contributed by atoms with Crippen molar-refractivity contribution < 1.29 is 9.47 Å². The van der Waals surface area contributed by atoms with Crippen molar-refractivity contribution in [1.82, 2.24) is 0 Å². The fourth-order valence-electron chi connectivity index (χ4n) is 3.71. The van der Waals surface area contributed by atoms with Gasteiger partial charge in [0.1, 0.15) is 11.5 Å². The van der Waals surface area contributed by atoms with E-state index in [1.165, 1.54) is 6.42 Å². The summed E-state index contributed by atoms with van der Waals surface area (Å²) >= 11 is 6.36. The Labute approximate surface area is 180 Å². The molecule has 0 unspecified atom stereocenters. The summed E-state index contributed by atoms with van der Waals surface area (Å²) < 4.78 is 12.7. The first-order valence-electron chi connectivity index (χ1n) is 10.9. The molecule has 3 rings (SSSR count). The Bertz CT molecular complexity index is 946. The number of rotatable bonds is 10. The summed E-state index contributed by atoms with van der Waals surface area (Å²) in [5.74, 6) is 3.22. The van der Waals surface area contributed by atoms with Crippen LogP contribution in [0.2, 0.25) is 5.02 Å². The van der Waals surface area contributed by atoms with E-state index >= 15 is 0 Å². The molecule has 29 heavy (non-hydrogen) atoms. The van der Waals surface area contributed by atoms with E-state index in [-0.39, 0.29) is 0 Å². The molecule has 0 saturated carbocycles. The zero-order valence-corrected chi connectivity index (χ0v) is 18.9. The van der Waals surface area contributed by atoms with Gasteiger partial charge in [-0.2, -0.15) is 0 Å². The third kappa shape index (κ3) is 5.57. The van der Waals surface area contributed by atoms with Crippen LogP contribution >= 0.6 is 11.6 Å². The van der Waals surface area contributed by atoms with Crippen LogP contribution in [-0.2, 0) is 0 Å². The fourth-order valence-corrected chi connectivity index (χ4v) is 3.89. The maximum absolute atomic E-state index is 6.36. The lowest BCUT2D eigenvalue weighted by Gasteiger charge is -2.18. The van der Waals surface area contributed by atoms with Crippen LogP contribution in [0.4, 0.5) is 0 Å². The predicted molar refractivity (Wildman–Crippen MR) is 126 cm³/mol. The molecule has 0 aliphatic carbocycles. The Morgan fingerprint density at radius 1 is 0.690 bits per heavy atom. The number of hydrogen-bond acceptors (Lipinski definition) is 2. The molecule has 0 amide bonds. The lowest BCUT2D eigenvalue weighted by atomic mass is 10.0. The molecule has 0 heterocycles. The Morgan fingerprint density at radius 3 is 1.69 bits per heavy atom. The quantitative estimate of drug-likeness (QED) is 0.246. The molecular weight excluding hydrogens is 380 g/mol. The van der Waals surface area contributed by atoms with Crippen LogP contribution in [0, 0.1) is 11.8 Å². The highest BCUT2D eigenvalue weighted by Gasteiger charge is 2.16. The third-order valence-corrected chi connectivity index (χ3v) is 5.47. The van der Waals surface area contributed by atoms with E-state index < -0.39 is 0 Å². The maximum Gasteiger partial charge on any atom is 0.135 e. The highest BCUT2D eigenvalue weighted by molar-refractivity contribution is 6.31. The van der Waals surface area contributed by atoms with E-state index in [0.717, 1.165) is 52.3 Å². The van der Waals surface area contributed by atoms with Gasteiger partial charge >= 0.3 is 0 Å². The van der Waals surface area contributed by atoms with Crippen LogP contribution in [0.15, 0.2) is 42.5 Å². The van der Waals surface area contributed by atoms with Crippen molar-refractivity contribution in [1.29, 1.82) is 0 Å². The van der Waals surface area contributed by atoms with Crippen LogP contribution in [0.25, 0.3) is 21.5 Å². The minimum atomic E-state index is 0.683.